The predicted octanol–water partition coefficient (Wildman–Crippen LogP) is 3.60. The maximum absolute atomic E-state index is 12.9. The van der Waals surface area contributed by atoms with Gasteiger partial charge in [0.05, 0.1) is 21.8 Å². The van der Waals surface area contributed by atoms with E-state index < -0.39 is 11.7 Å². The summed E-state index contributed by atoms with van der Waals surface area (Å²) in [5, 5.41) is 11.5. The van der Waals surface area contributed by atoms with E-state index in [-0.39, 0.29) is 10.6 Å². The molecule has 1 N–H and O–H groups in total. The number of hydrogen-bond acceptors (Lipinski definition) is 2. The van der Waals surface area contributed by atoms with Gasteiger partial charge in [-0.2, -0.15) is 5.26 Å². The summed E-state index contributed by atoms with van der Waals surface area (Å²) in [7, 11) is 0. The average Bonchev–Trinajstić information content (AvgIpc) is 2.39. The third kappa shape index (κ3) is 2.90. The molecule has 0 heterocycles. The molecule has 0 aliphatic rings. The first-order valence-corrected chi connectivity index (χ1v) is 5.75. The second-order valence-electron chi connectivity index (χ2n) is 3.74. The minimum Gasteiger partial charge on any atom is -0.321 e. The quantitative estimate of drug-likeness (QED) is 0.909. The number of hydrogen-bond donors (Lipinski definition) is 1. The molecule has 0 spiro atoms. The maximum Gasteiger partial charge on any atom is 0.257 e. The van der Waals surface area contributed by atoms with Crippen molar-refractivity contribution in [2.75, 3.05) is 5.32 Å². The highest BCUT2D eigenvalue weighted by molar-refractivity contribution is 6.34. The van der Waals surface area contributed by atoms with E-state index in [1.54, 1.807) is 24.3 Å². The largest absolute Gasteiger partial charge is 0.321 e. The molecule has 3 nitrogen and oxygen atoms in total. The van der Waals surface area contributed by atoms with Crippen molar-refractivity contribution in [2.24, 2.45) is 0 Å². The van der Waals surface area contributed by atoms with Gasteiger partial charge in [0.15, 0.2) is 0 Å². The first-order valence-electron chi connectivity index (χ1n) is 5.37. The third-order valence-corrected chi connectivity index (χ3v) is 2.78. The molecule has 0 aliphatic heterocycles. The van der Waals surface area contributed by atoms with E-state index in [9.17, 15) is 9.18 Å². The number of carbonyl (C=O) groups is 1. The van der Waals surface area contributed by atoms with Crippen LogP contribution in [-0.4, -0.2) is 5.91 Å². The summed E-state index contributed by atoms with van der Waals surface area (Å²) in [6.07, 6.45) is 0. The van der Waals surface area contributed by atoms with Crippen LogP contribution in [0.15, 0.2) is 42.5 Å². The van der Waals surface area contributed by atoms with Crippen LogP contribution in [0, 0.1) is 17.1 Å². The van der Waals surface area contributed by atoms with Gasteiger partial charge in [0.2, 0.25) is 0 Å². The molecule has 0 saturated heterocycles. The van der Waals surface area contributed by atoms with Crippen LogP contribution in [0.2, 0.25) is 5.02 Å². The first-order chi connectivity index (χ1) is 9.11. The van der Waals surface area contributed by atoms with Crippen molar-refractivity contribution in [1.82, 2.24) is 0 Å². The average molecular weight is 275 g/mol. The van der Waals surface area contributed by atoms with Gasteiger partial charge >= 0.3 is 0 Å². The summed E-state index contributed by atoms with van der Waals surface area (Å²) in [5.74, 6) is -1.01. The number of amides is 1. The molecule has 2 aromatic rings. The Bertz CT molecular complexity index is 679. The van der Waals surface area contributed by atoms with E-state index in [0.29, 0.717) is 11.3 Å². The SMILES string of the molecule is N#Cc1ccccc1NC(=O)c1ccc(F)cc1Cl. The Hall–Kier alpha value is -2.38. The maximum atomic E-state index is 12.9. The van der Waals surface area contributed by atoms with E-state index in [2.05, 4.69) is 5.32 Å². The van der Waals surface area contributed by atoms with Crippen molar-refractivity contribution < 1.29 is 9.18 Å². The zero-order valence-electron chi connectivity index (χ0n) is 9.65. The molecule has 0 aliphatic carbocycles. The highest BCUT2D eigenvalue weighted by atomic mass is 35.5. The molecule has 2 aromatic carbocycles. The highest BCUT2D eigenvalue weighted by Gasteiger charge is 2.12. The molecule has 94 valence electrons. The third-order valence-electron chi connectivity index (χ3n) is 2.47. The number of rotatable bonds is 2. The van der Waals surface area contributed by atoms with Crippen molar-refractivity contribution >= 4 is 23.2 Å². The van der Waals surface area contributed by atoms with Crippen LogP contribution < -0.4 is 5.32 Å². The van der Waals surface area contributed by atoms with Gasteiger partial charge < -0.3 is 5.32 Å². The molecule has 19 heavy (non-hydrogen) atoms. The summed E-state index contributed by atoms with van der Waals surface area (Å²) < 4.78 is 12.9. The summed E-state index contributed by atoms with van der Waals surface area (Å²) in [4.78, 5) is 12.0. The Balaban J connectivity index is 2.29. The van der Waals surface area contributed by atoms with Crippen LogP contribution in [0.1, 0.15) is 15.9 Å². The van der Waals surface area contributed by atoms with Crippen molar-refractivity contribution in [1.29, 1.82) is 5.26 Å². The van der Waals surface area contributed by atoms with Gasteiger partial charge in [0.1, 0.15) is 11.9 Å². The Labute approximate surface area is 114 Å². The molecule has 0 aromatic heterocycles. The lowest BCUT2D eigenvalue weighted by molar-refractivity contribution is 0.102. The van der Waals surface area contributed by atoms with Gasteiger partial charge in [-0.15, -0.1) is 0 Å². The molecule has 1 amide bonds. The molecular weight excluding hydrogens is 267 g/mol. The minimum absolute atomic E-state index is 0.0203. The van der Waals surface area contributed by atoms with E-state index in [1.165, 1.54) is 6.07 Å². The number of nitrogens with one attached hydrogen (secondary N) is 1. The predicted molar refractivity (Wildman–Crippen MR) is 70.5 cm³/mol. The first kappa shape index (κ1) is 13.1. The minimum atomic E-state index is -0.515. The summed E-state index contributed by atoms with van der Waals surface area (Å²) >= 11 is 5.80. The molecular formula is C14H8ClFN2O. The number of carbonyl (C=O) groups excluding carboxylic acids is 1. The van der Waals surface area contributed by atoms with Crippen molar-refractivity contribution in [3.8, 4) is 6.07 Å². The van der Waals surface area contributed by atoms with Crippen molar-refractivity contribution in [2.45, 2.75) is 0 Å². The van der Waals surface area contributed by atoms with E-state index in [1.807, 2.05) is 6.07 Å². The molecule has 0 radical (unpaired) electrons. The normalized spacial score (nSPS) is 9.74. The van der Waals surface area contributed by atoms with Crippen LogP contribution in [0.25, 0.3) is 0 Å². The highest BCUT2D eigenvalue weighted by Crippen LogP contribution is 2.20. The summed E-state index contributed by atoms with van der Waals surface area (Å²) in [6, 6.07) is 12.1. The summed E-state index contributed by atoms with van der Waals surface area (Å²) in [5.41, 5.74) is 0.875. The Morgan fingerprint density at radius 2 is 2.00 bits per heavy atom. The van der Waals surface area contributed by atoms with Crippen LogP contribution in [0.3, 0.4) is 0 Å². The lowest BCUT2D eigenvalue weighted by Gasteiger charge is -2.08. The Morgan fingerprint density at radius 3 is 2.68 bits per heavy atom. The standard InChI is InChI=1S/C14H8ClFN2O/c15-12-7-10(16)5-6-11(12)14(19)18-13-4-2-1-3-9(13)8-17/h1-7H,(H,18,19). The molecule has 0 saturated carbocycles. The van der Waals surface area contributed by atoms with Gasteiger partial charge in [-0.1, -0.05) is 23.7 Å². The van der Waals surface area contributed by atoms with Crippen LogP contribution in [0.4, 0.5) is 10.1 Å². The number of nitrogens with zero attached hydrogens (tertiary/aromatic N) is 1. The molecule has 0 atom stereocenters. The van der Waals surface area contributed by atoms with Gasteiger partial charge in [-0.25, -0.2) is 4.39 Å². The van der Waals surface area contributed by atoms with Crippen LogP contribution >= 0.6 is 11.6 Å². The van der Waals surface area contributed by atoms with E-state index in [4.69, 9.17) is 16.9 Å². The lowest BCUT2D eigenvalue weighted by atomic mass is 10.1. The van der Waals surface area contributed by atoms with Gasteiger partial charge in [-0.05, 0) is 30.3 Å². The zero-order valence-corrected chi connectivity index (χ0v) is 10.4. The van der Waals surface area contributed by atoms with Crippen LogP contribution in [-0.2, 0) is 0 Å². The number of benzene rings is 2. The molecule has 0 unspecified atom stereocenters. The van der Waals surface area contributed by atoms with Gasteiger partial charge in [0.25, 0.3) is 5.91 Å². The number of nitriles is 1. The Morgan fingerprint density at radius 1 is 1.26 bits per heavy atom. The number of halogens is 2. The molecule has 0 bridgehead atoms. The van der Waals surface area contributed by atoms with E-state index >= 15 is 0 Å². The smallest absolute Gasteiger partial charge is 0.257 e. The Kier molecular flexibility index (Phi) is 3.79. The fourth-order valence-corrected chi connectivity index (χ4v) is 1.81. The monoisotopic (exact) mass is 274 g/mol. The zero-order chi connectivity index (χ0) is 13.8. The number of anilines is 1. The van der Waals surface area contributed by atoms with E-state index in [0.717, 1.165) is 12.1 Å². The lowest BCUT2D eigenvalue weighted by Crippen LogP contribution is -2.13. The number of para-hydroxylation sites is 1. The van der Waals surface area contributed by atoms with Crippen molar-refractivity contribution in [3.05, 3.63) is 64.4 Å². The van der Waals surface area contributed by atoms with Gasteiger partial charge in [0, 0.05) is 0 Å². The molecule has 5 heteroatoms. The van der Waals surface area contributed by atoms with Crippen LogP contribution in [0.5, 0.6) is 0 Å². The summed E-state index contributed by atoms with van der Waals surface area (Å²) in [6.45, 7) is 0. The second-order valence-corrected chi connectivity index (χ2v) is 4.14. The van der Waals surface area contributed by atoms with Crippen molar-refractivity contribution in [3.63, 3.8) is 0 Å². The topological polar surface area (TPSA) is 52.9 Å². The molecule has 0 fully saturated rings. The fourth-order valence-electron chi connectivity index (χ4n) is 1.55. The van der Waals surface area contributed by atoms with Gasteiger partial charge in [-0.3, -0.25) is 4.79 Å². The molecule has 2 rings (SSSR count). The fraction of sp³-hybridized carbons (Fsp3) is 0. The second kappa shape index (κ2) is 5.51.